The summed E-state index contributed by atoms with van der Waals surface area (Å²) in [5, 5.41) is 0. The maximum Gasteiger partial charge on any atom is 0.154 e. The van der Waals surface area contributed by atoms with E-state index in [1.165, 1.54) is 11.1 Å². The molecule has 0 spiro atoms. The van der Waals surface area contributed by atoms with Gasteiger partial charge in [-0.1, -0.05) is 66.8 Å². The van der Waals surface area contributed by atoms with Gasteiger partial charge in [-0.2, -0.15) is 0 Å². The minimum Gasteiger partial charge on any atom is -0.348 e. The summed E-state index contributed by atoms with van der Waals surface area (Å²) in [6, 6.07) is 10.1. The van der Waals surface area contributed by atoms with E-state index in [-0.39, 0.29) is 5.78 Å². The van der Waals surface area contributed by atoms with E-state index in [0.29, 0.717) is 24.7 Å². The lowest BCUT2D eigenvalue weighted by atomic mass is 9.82. The van der Waals surface area contributed by atoms with E-state index in [1.807, 2.05) is 0 Å². The third-order valence-corrected chi connectivity index (χ3v) is 5.75. The zero-order chi connectivity index (χ0) is 20.1. The molecule has 1 aromatic carbocycles. The largest absolute Gasteiger partial charge is 0.348 e. The first-order chi connectivity index (χ1) is 14.2. The molecule has 2 unspecified atom stereocenters. The second-order valence-corrected chi connectivity index (χ2v) is 7.83. The van der Waals surface area contributed by atoms with Crippen molar-refractivity contribution in [2.24, 2.45) is 11.7 Å². The summed E-state index contributed by atoms with van der Waals surface area (Å²) in [7, 11) is 0. The lowest BCUT2D eigenvalue weighted by Gasteiger charge is -2.22. The summed E-state index contributed by atoms with van der Waals surface area (Å²) in [6.45, 7) is 0. The lowest BCUT2D eigenvalue weighted by molar-refractivity contribution is -0.119. The van der Waals surface area contributed by atoms with Crippen molar-refractivity contribution in [3.8, 4) is 0 Å². The van der Waals surface area contributed by atoms with Crippen LogP contribution >= 0.6 is 0 Å². The van der Waals surface area contributed by atoms with Crippen LogP contribution in [0.15, 0.2) is 90.5 Å². The minimum atomic E-state index is -0.499. The average molecular weight is 386 g/mol. The van der Waals surface area contributed by atoms with Gasteiger partial charge in [0.05, 0.1) is 12.4 Å². The predicted molar refractivity (Wildman–Crippen MR) is 116 cm³/mol. The Balaban J connectivity index is 1.29. The standard InChI is InChI=1S/C25H27N3O/c26-24(15-23-16-27-17-28-23)25(29)14-18-6-8-20(9-7-18)22-12-10-21(11-13-22)19-4-2-1-3-5-19/h1-8,10,12-13,16-17,20-21,24H,9,11,14-15,26H2,(H,27,28)/t20?,21?,24-/m0/s1. The van der Waals surface area contributed by atoms with Crippen LogP contribution in [0.4, 0.5) is 0 Å². The molecule has 2 aliphatic carbocycles. The van der Waals surface area contributed by atoms with Gasteiger partial charge >= 0.3 is 0 Å². The van der Waals surface area contributed by atoms with Crippen molar-refractivity contribution in [3.05, 3.63) is 102 Å². The number of carbonyl (C=O) groups excluding carboxylic acids is 1. The van der Waals surface area contributed by atoms with E-state index < -0.39 is 6.04 Å². The van der Waals surface area contributed by atoms with Gasteiger partial charge in [0, 0.05) is 36.6 Å². The van der Waals surface area contributed by atoms with E-state index in [0.717, 1.165) is 24.1 Å². The zero-order valence-electron chi connectivity index (χ0n) is 16.5. The van der Waals surface area contributed by atoms with Crippen molar-refractivity contribution in [2.75, 3.05) is 0 Å². The molecular weight excluding hydrogens is 358 g/mol. The number of hydrogen-bond acceptors (Lipinski definition) is 3. The van der Waals surface area contributed by atoms with Gasteiger partial charge < -0.3 is 10.7 Å². The molecule has 0 aliphatic heterocycles. The fraction of sp³-hybridized carbons (Fsp3) is 0.280. The molecule has 0 amide bonds. The van der Waals surface area contributed by atoms with Crippen molar-refractivity contribution >= 4 is 5.78 Å². The molecule has 3 atom stereocenters. The van der Waals surface area contributed by atoms with Crippen LogP contribution in [0.5, 0.6) is 0 Å². The Morgan fingerprint density at radius 3 is 2.55 bits per heavy atom. The minimum absolute atomic E-state index is 0.0661. The number of benzene rings is 1. The topological polar surface area (TPSA) is 71.8 Å². The maximum atomic E-state index is 12.4. The molecule has 2 aromatic rings. The number of hydrogen-bond donors (Lipinski definition) is 2. The first-order valence-electron chi connectivity index (χ1n) is 10.2. The number of carbonyl (C=O) groups is 1. The lowest BCUT2D eigenvalue weighted by Crippen LogP contribution is -2.33. The van der Waals surface area contributed by atoms with Crippen molar-refractivity contribution in [3.63, 3.8) is 0 Å². The molecule has 0 radical (unpaired) electrons. The molecule has 0 saturated carbocycles. The normalized spacial score (nSPS) is 22.1. The van der Waals surface area contributed by atoms with Gasteiger partial charge in [0.2, 0.25) is 0 Å². The summed E-state index contributed by atoms with van der Waals surface area (Å²) < 4.78 is 0. The molecule has 2 aliphatic rings. The van der Waals surface area contributed by atoms with Gasteiger partial charge in [-0.15, -0.1) is 0 Å². The smallest absolute Gasteiger partial charge is 0.154 e. The third kappa shape index (κ3) is 4.90. The van der Waals surface area contributed by atoms with E-state index in [2.05, 4.69) is 76.8 Å². The van der Waals surface area contributed by atoms with Gasteiger partial charge in [-0.3, -0.25) is 4.79 Å². The van der Waals surface area contributed by atoms with Crippen LogP contribution < -0.4 is 5.73 Å². The Bertz CT molecular complexity index is 951. The average Bonchev–Trinajstić information content (AvgIpc) is 3.28. The van der Waals surface area contributed by atoms with Crippen LogP contribution in [0.25, 0.3) is 0 Å². The van der Waals surface area contributed by atoms with Gasteiger partial charge in [0.25, 0.3) is 0 Å². The second kappa shape index (κ2) is 9.01. The van der Waals surface area contributed by atoms with Crippen LogP contribution in [-0.2, 0) is 11.2 Å². The number of aromatic amines is 1. The van der Waals surface area contributed by atoms with Crippen LogP contribution in [-0.4, -0.2) is 21.8 Å². The SMILES string of the molecule is N[C@@H](Cc1cnc[nH]1)C(=O)CC1=CCC(C2=CCC(c3ccccc3)C=C2)C=C1. The first-order valence-corrected chi connectivity index (χ1v) is 10.2. The number of nitrogens with two attached hydrogens (primary N) is 1. The number of H-pyrrole nitrogens is 1. The highest BCUT2D eigenvalue weighted by molar-refractivity contribution is 5.86. The fourth-order valence-corrected chi connectivity index (χ4v) is 3.98. The van der Waals surface area contributed by atoms with Crippen LogP contribution in [0, 0.1) is 5.92 Å². The molecule has 0 bridgehead atoms. The summed E-state index contributed by atoms with van der Waals surface area (Å²) >= 11 is 0. The molecule has 1 aromatic heterocycles. The number of rotatable bonds is 7. The Morgan fingerprint density at radius 1 is 1.10 bits per heavy atom. The molecule has 4 heteroatoms. The molecule has 1 heterocycles. The monoisotopic (exact) mass is 385 g/mol. The highest BCUT2D eigenvalue weighted by atomic mass is 16.1. The van der Waals surface area contributed by atoms with Crippen molar-refractivity contribution in [2.45, 2.75) is 37.6 Å². The maximum absolute atomic E-state index is 12.4. The van der Waals surface area contributed by atoms with E-state index >= 15 is 0 Å². The van der Waals surface area contributed by atoms with Crippen molar-refractivity contribution in [1.29, 1.82) is 0 Å². The quantitative estimate of drug-likeness (QED) is 0.741. The number of nitrogens with one attached hydrogen (secondary N) is 1. The van der Waals surface area contributed by atoms with E-state index in [1.54, 1.807) is 12.5 Å². The molecule has 3 N–H and O–H groups in total. The third-order valence-electron chi connectivity index (χ3n) is 5.75. The Kier molecular flexibility index (Phi) is 6.01. The van der Waals surface area contributed by atoms with Crippen LogP contribution in [0.1, 0.15) is 36.4 Å². The van der Waals surface area contributed by atoms with E-state index in [9.17, 15) is 4.79 Å². The van der Waals surface area contributed by atoms with Crippen LogP contribution in [0.3, 0.4) is 0 Å². The molecule has 148 valence electrons. The number of imidazole rings is 1. The number of ketones is 1. The van der Waals surface area contributed by atoms with Gasteiger partial charge in [-0.05, 0) is 29.6 Å². The highest BCUT2D eigenvalue weighted by Gasteiger charge is 2.20. The Labute approximate surface area is 171 Å². The second-order valence-electron chi connectivity index (χ2n) is 7.83. The summed E-state index contributed by atoms with van der Waals surface area (Å²) in [5.74, 6) is 0.921. The molecule has 4 nitrogen and oxygen atoms in total. The number of aromatic nitrogens is 2. The first kappa shape index (κ1) is 19.3. The number of allylic oxidation sites excluding steroid dienone is 8. The van der Waals surface area contributed by atoms with Crippen LogP contribution in [0.2, 0.25) is 0 Å². The van der Waals surface area contributed by atoms with E-state index in [4.69, 9.17) is 5.73 Å². The van der Waals surface area contributed by atoms with Gasteiger partial charge in [0.15, 0.2) is 5.78 Å². The van der Waals surface area contributed by atoms with Gasteiger partial charge in [-0.25, -0.2) is 4.98 Å². The molecule has 0 saturated heterocycles. The Hall–Kier alpha value is -2.98. The fourth-order valence-electron chi connectivity index (χ4n) is 3.98. The zero-order valence-corrected chi connectivity index (χ0v) is 16.5. The highest BCUT2D eigenvalue weighted by Crippen LogP contribution is 2.32. The summed E-state index contributed by atoms with van der Waals surface area (Å²) in [5.41, 5.74) is 10.8. The molecular formula is C25H27N3O. The van der Waals surface area contributed by atoms with Crippen molar-refractivity contribution < 1.29 is 4.79 Å². The molecule has 4 rings (SSSR count). The summed E-state index contributed by atoms with van der Waals surface area (Å²) in [6.07, 6.45) is 19.6. The molecule has 0 fully saturated rings. The number of Topliss-reactive ketones (excluding diaryl/α,β-unsaturated/α-hetero) is 1. The summed E-state index contributed by atoms with van der Waals surface area (Å²) in [4.78, 5) is 19.4. The molecule has 29 heavy (non-hydrogen) atoms. The number of nitrogens with zero attached hydrogens (tertiary/aromatic N) is 1. The predicted octanol–water partition coefficient (Wildman–Crippen LogP) is 4.41. The van der Waals surface area contributed by atoms with Crippen molar-refractivity contribution in [1.82, 2.24) is 9.97 Å². The Morgan fingerprint density at radius 2 is 1.90 bits per heavy atom. The van der Waals surface area contributed by atoms with Gasteiger partial charge in [0.1, 0.15) is 0 Å².